The number of esters is 2. The van der Waals surface area contributed by atoms with Crippen LogP contribution in [-0.2, 0) is 32.7 Å². The van der Waals surface area contributed by atoms with Gasteiger partial charge in [0.15, 0.2) is 6.10 Å². The number of carbonyl (C=O) groups is 2. The Bertz CT molecular complexity index is 1330. The molecular weight excluding hydrogens is 790 g/mol. The van der Waals surface area contributed by atoms with Crippen LogP contribution in [0.25, 0.3) is 0 Å². The molecule has 0 bridgehead atoms. The number of unbranched alkanes of at least 4 members (excludes halogenated alkanes) is 13. The highest BCUT2D eigenvalue weighted by Crippen LogP contribution is 2.43. The van der Waals surface area contributed by atoms with Gasteiger partial charge in [-0.05, 0) is 70.6 Å². The van der Waals surface area contributed by atoms with Crippen LogP contribution in [0.2, 0.25) is 0 Å². The second-order valence-electron chi connectivity index (χ2n) is 16.6. The Morgan fingerprint density at radius 1 is 0.607 bits per heavy atom. The largest absolute Gasteiger partial charge is 0.472 e. The summed E-state index contributed by atoms with van der Waals surface area (Å²) in [6, 6.07) is 0. The zero-order valence-corrected chi connectivity index (χ0v) is 39.9. The van der Waals surface area contributed by atoms with Crippen molar-refractivity contribution < 1.29 is 47.2 Å². The lowest BCUT2D eigenvalue weighted by Crippen LogP contribution is -2.37. The van der Waals surface area contributed by atoms with Gasteiger partial charge < -0.3 is 24.0 Å². The van der Waals surface area contributed by atoms with Crippen molar-refractivity contribution in [2.45, 2.75) is 174 Å². The number of hydrogen-bond donors (Lipinski definition) is 2. The van der Waals surface area contributed by atoms with Crippen LogP contribution in [0.15, 0.2) is 85.1 Å². The molecule has 0 heterocycles. The number of quaternary nitrogens is 1. The summed E-state index contributed by atoms with van der Waals surface area (Å²) in [7, 11) is 1.34. The fourth-order valence-corrected chi connectivity index (χ4v) is 6.56. The quantitative estimate of drug-likeness (QED) is 0.0154. The molecule has 0 fully saturated rings. The van der Waals surface area contributed by atoms with Gasteiger partial charge in [-0.3, -0.25) is 18.6 Å². The van der Waals surface area contributed by atoms with E-state index >= 15 is 0 Å². The summed E-state index contributed by atoms with van der Waals surface area (Å²) in [6.07, 6.45) is 49.6. The maximum Gasteiger partial charge on any atom is 0.472 e. The number of carbonyl (C=O) groups excluding carboxylic acids is 2. The molecule has 0 saturated heterocycles. The predicted molar refractivity (Wildman–Crippen MR) is 253 cm³/mol. The second-order valence-corrected chi connectivity index (χ2v) is 18.1. The Morgan fingerprint density at radius 2 is 1.13 bits per heavy atom. The molecule has 11 heteroatoms. The molecule has 0 aliphatic carbocycles. The molecule has 2 unspecified atom stereocenters. The van der Waals surface area contributed by atoms with Gasteiger partial charge >= 0.3 is 19.8 Å². The van der Waals surface area contributed by atoms with Crippen molar-refractivity contribution in [1.29, 1.82) is 0 Å². The maximum absolute atomic E-state index is 12.7. The van der Waals surface area contributed by atoms with Crippen LogP contribution in [0.3, 0.4) is 0 Å². The summed E-state index contributed by atoms with van der Waals surface area (Å²) in [4.78, 5) is 35.5. The van der Waals surface area contributed by atoms with Crippen LogP contribution in [-0.4, -0.2) is 86.1 Å². The standard InChI is InChI=1S/C50H86NO9P/c1-6-8-10-12-14-16-18-20-22-24-26-28-30-32-34-36-38-40-50(54)60-48(46-59-61(55,56)58-44-43-51(3,4)5)45-57-49(53)42-41-47(52)39-37-35-33-31-29-27-25-23-21-19-17-15-13-11-9-7-2/h9,11,15,17,20-23,27,29,33,35,37,39,47-48,52H,6-8,10,12-14,16,18-19,24-26,28,30-32,34,36,38,40-46H2,1-5H3/p+1/b11-9-,17-15-,22-20-,23-21-,29-27-,35-33-,39-37-/t47?,48-/m1/s1. The molecule has 0 aromatic rings. The highest BCUT2D eigenvalue weighted by atomic mass is 31.2. The number of ether oxygens (including phenoxy) is 2. The lowest BCUT2D eigenvalue weighted by atomic mass is 10.1. The molecule has 0 rings (SSSR count). The average molecular weight is 877 g/mol. The number of likely N-dealkylation sites (N-methyl/N-ethyl adjacent to an activating group) is 1. The molecule has 0 aliphatic rings. The Kier molecular flexibility index (Phi) is 39.3. The molecule has 3 atom stereocenters. The number of phosphoric ester groups is 1. The third kappa shape index (κ3) is 45.0. The zero-order valence-electron chi connectivity index (χ0n) is 39.0. The minimum atomic E-state index is -4.44. The number of hydrogen-bond acceptors (Lipinski definition) is 8. The fourth-order valence-electron chi connectivity index (χ4n) is 5.82. The number of aliphatic hydroxyl groups is 1. The normalized spacial score (nSPS) is 14.8. The fraction of sp³-hybridized carbons (Fsp3) is 0.680. The predicted octanol–water partition coefficient (Wildman–Crippen LogP) is 12.5. The first-order valence-electron chi connectivity index (χ1n) is 23.4. The van der Waals surface area contributed by atoms with Gasteiger partial charge in [-0.25, -0.2) is 4.57 Å². The van der Waals surface area contributed by atoms with Crippen LogP contribution >= 0.6 is 7.82 Å². The lowest BCUT2D eigenvalue weighted by Gasteiger charge is -2.24. The summed E-state index contributed by atoms with van der Waals surface area (Å²) in [5, 5.41) is 10.3. The maximum atomic E-state index is 12.7. The van der Waals surface area contributed by atoms with Crippen molar-refractivity contribution in [3.05, 3.63) is 85.1 Å². The topological polar surface area (TPSA) is 129 Å². The molecule has 0 saturated carbocycles. The van der Waals surface area contributed by atoms with E-state index in [0.717, 1.165) is 57.8 Å². The number of aliphatic hydroxyl groups excluding tert-OH is 1. The zero-order chi connectivity index (χ0) is 45.1. The molecule has 0 amide bonds. The summed E-state index contributed by atoms with van der Waals surface area (Å²) in [6.45, 7) is 4.01. The van der Waals surface area contributed by atoms with Gasteiger partial charge in [0.2, 0.25) is 0 Å². The van der Waals surface area contributed by atoms with Gasteiger partial charge in [-0.2, -0.15) is 0 Å². The van der Waals surface area contributed by atoms with Gasteiger partial charge in [0, 0.05) is 12.8 Å². The van der Waals surface area contributed by atoms with E-state index in [1.54, 1.807) is 12.2 Å². The van der Waals surface area contributed by atoms with E-state index in [1.165, 1.54) is 64.2 Å². The summed E-state index contributed by atoms with van der Waals surface area (Å²) in [5.41, 5.74) is 0. The minimum Gasteiger partial charge on any atom is -0.462 e. The molecule has 61 heavy (non-hydrogen) atoms. The van der Waals surface area contributed by atoms with Crippen LogP contribution in [0.4, 0.5) is 0 Å². The van der Waals surface area contributed by atoms with Crippen LogP contribution in [0.1, 0.15) is 162 Å². The molecule has 0 aliphatic heterocycles. The smallest absolute Gasteiger partial charge is 0.462 e. The molecule has 0 aromatic heterocycles. The molecule has 2 N–H and O–H groups in total. The number of nitrogens with zero attached hydrogens (tertiary/aromatic N) is 1. The van der Waals surface area contributed by atoms with Crippen LogP contribution in [0.5, 0.6) is 0 Å². The van der Waals surface area contributed by atoms with Gasteiger partial charge in [0.25, 0.3) is 0 Å². The molecular formula is C50H87NO9P+. The highest BCUT2D eigenvalue weighted by molar-refractivity contribution is 7.47. The highest BCUT2D eigenvalue weighted by Gasteiger charge is 2.27. The SMILES string of the molecule is CC/C=C\C/C=C\C/C=C\C/C=C\C/C=C\C=C/C(O)CCC(=O)OC[C@H](COP(=O)(O)OCC[N+](C)(C)C)OC(=O)CCCCCCCCC/C=C\CCCCCCCC. The van der Waals surface area contributed by atoms with E-state index in [0.29, 0.717) is 17.4 Å². The monoisotopic (exact) mass is 877 g/mol. The molecule has 0 radical (unpaired) electrons. The summed E-state index contributed by atoms with van der Waals surface area (Å²) < 4.78 is 34.1. The molecule has 350 valence electrons. The van der Waals surface area contributed by atoms with Crippen molar-refractivity contribution in [3.63, 3.8) is 0 Å². The van der Waals surface area contributed by atoms with E-state index in [2.05, 4.69) is 74.6 Å². The van der Waals surface area contributed by atoms with E-state index < -0.39 is 38.6 Å². The Morgan fingerprint density at radius 3 is 1.69 bits per heavy atom. The van der Waals surface area contributed by atoms with Gasteiger partial charge in [-0.15, -0.1) is 0 Å². The first-order valence-corrected chi connectivity index (χ1v) is 24.9. The number of rotatable bonds is 41. The first kappa shape index (κ1) is 58.1. The summed E-state index contributed by atoms with van der Waals surface area (Å²) >= 11 is 0. The van der Waals surface area contributed by atoms with Crippen LogP contribution < -0.4 is 0 Å². The van der Waals surface area contributed by atoms with Crippen molar-refractivity contribution in [2.24, 2.45) is 0 Å². The number of allylic oxidation sites excluding steroid dienone is 13. The van der Waals surface area contributed by atoms with E-state index in [9.17, 15) is 24.2 Å². The van der Waals surface area contributed by atoms with Crippen LogP contribution in [0, 0.1) is 0 Å². The third-order valence-corrected chi connectivity index (χ3v) is 10.5. The Hall–Kier alpha value is -2.85. The Labute approximate surface area is 372 Å². The van der Waals surface area contributed by atoms with Crippen molar-refractivity contribution in [1.82, 2.24) is 0 Å². The van der Waals surface area contributed by atoms with E-state index in [4.69, 9.17) is 18.5 Å². The van der Waals surface area contributed by atoms with E-state index in [1.807, 2.05) is 33.3 Å². The summed E-state index contributed by atoms with van der Waals surface area (Å²) in [5.74, 6) is -1.09. The van der Waals surface area contributed by atoms with Gasteiger partial charge in [0.05, 0.1) is 33.9 Å². The second kappa shape index (κ2) is 41.2. The van der Waals surface area contributed by atoms with Crippen molar-refractivity contribution >= 4 is 19.8 Å². The van der Waals surface area contributed by atoms with Crippen molar-refractivity contribution in [2.75, 3.05) is 47.5 Å². The van der Waals surface area contributed by atoms with E-state index in [-0.39, 0.29) is 32.5 Å². The average Bonchev–Trinajstić information content (AvgIpc) is 3.21. The minimum absolute atomic E-state index is 0.00900. The third-order valence-electron chi connectivity index (χ3n) is 9.53. The number of phosphoric acid groups is 1. The first-order chi connectivity index (χ1) is 29.4. The van der Waals surface area contributed by atoms with Gasteiger partial charge in [0.1, 0.15) is 19.8 Å². The Balaban J connectivity index is 4.56. The molecule has 0 aromatic carbocycles. The van der Waals surface area contributed by atoms with Gasteiger partial charge in [-0.1, -0.05) is 163 Å². The molecule has 0 spiro atoms. The van der Waals surface area contributed by atoms with Crippen molar-refractivity contribution in [3.8, 4) is 0 Å². The lowest BCUT2D eigenvalue weighted by molar-refractivity contribution is -0.870. The molecule has 10 nitrogen and oxygen atoms in total.